The summed E-state index contributed by atoms with van der Waals surface area (Å²) in [6.07, 6.45) is 0.621. The number of amides is 2. The number of hydrogen-bond donors (Lipinski definition) is 1. The highest BCUT2D eigenvalue weighted by Crippen LogP contribution is 2.17. The molecule has 1 unspecified atom stereocenters. The molecule has 0 radical (unpaired) electrons. The quantitative estimate of drug-likeness (QED) is 0.804. The highest BCUT2D eigenvalue weighted by molar-refractivity contribution is 5.80. The fourth-order valence-corrected chi connectivity index (χ4v) is 1.74. The highest BCUT2D eigenvalue weighted by Gasteiger charge is 2.33. The minimum absolute atomic E-state index is 0.0793. The Hall–Kier alpha value is -1.30. The van der Waals surface area contributed by atoms with Crippen LogP contribution in [-0.2, 0) is 9.53 Å². The maximum absolute atomic E-state index is 12.0. The lowest BCUT2D eigenvalue weighted by Gasteiger charge is -2.39. The van der Waals surface area contributed by atoms with Gasteiger partial charge in [0.2, 0.25) is 5.91 Å². The third-order valence-corrected chi connectivity index (χ3v) is 2.41. The molecule has 0 aromatic carbocycles. The van der Waals surface area contributed by atoms with E-state index in [9.17, 15) is 9.59 Å². The molecule has 1 aliphatic heterocycles. The van der Waals surface area contributed by atoms with Gasteiger partial charge in [0.05, 0.1) is 6.54 Å². The van der Waals surface area contributed by atoms with Crippen LogP contribution in [0.15, 0.2) is 0 Å². The van der Waals surface area contributed by atoms with Crippen LogP contribution in [0.25, 0.3) is 0 Å². The molecule has 1 heterocycles. The van der Waals surface area contributed by atoms with Crippen LogP contribution in [0.5, 0.6) is 0 Å². The molecular weight excluding hydrogens is 234 g/mol. The average Bonchev–Trinajstić information content (AvgIpc) is 2.17. The Morgan fingerprint density at radius 1 is 1.50 bits per heavy atom. The van der Waals surface area contributed by atoms with Gasteiger partial charge in [0.25, 0.3) is 0 Å². The smallest absolute Gasteiger partial charge is 0.429 e. The second-order valence-corrected chi connectivity index (χ2v) is 5.66. The molecule has 6 nitrogen and oxygen atoms in total. The van der Waals surface area contributed by atoms with Gasteiger partial charge in [-0.25, -0.2) is 14.8 Å². The lowest BCUT2D eigenvalue weighted by Crippen LogP contribution is -2.57. The number of ether oxygens (including phenoxy) is 1. The molecule has 1 atom stereocenters. The van der Waals surface area contributed by atoms with Gasteiger partial charge in [-0.05, 0) is 34.1 Å². The fraction of sp³-hybridized carbons (Fsp3) is 0.833. The second-order valence-electron chi connectivity index (χ2n) is 5.66. The summed E-state index contributed by atoms with van der Waals surface area (Å²) < 4.78 is 5.29. The van der Waals surface area contributed by atoms with E-state index < -0.39 is 11.7 Å². The monoisotopic (exact) mass is 257 g/mol. The minimum Gasteiger partial charge on any atom is -0.442 e. The lowest BCUT2D eigenvalue weighted by atomic mass is 10.2. The van der Waals surface area contributed by atoms with Crippen molar-refractivity contribution in [2.45, 2.75) is 52.2 Å². The summed E-state index contributed by atoms with van der Waals surface area (Å²) in [5, 5.41) is 2.77. The first-order chi connectivity index (χ1) is 8.20. The van der Waals surface area contributed by atoms with Gasteiger partial charge in [-0.15, -0.1) is 0 Å². The lowest BCUT2D eigenvalue weighted by molar-refractivity contribution is -0.154. The number of hydrazine groups is 1. The summed E-state index contributed by atoms with van der Waals surface area (Å²) in [6, 6.07) is -0.183. The van der Waals surface area contributed by atoms with Crippen molar-refractivity contribution in [3.8, 4) is 0 Å². The van der Waals surface area contributed by atoms with Gasteiger partial charge < -0.3 is 10.5 Å². The Kier molecular flexibility index (Phi) is 4.56. The van der Waals surface area contributed by atoms with Crippen LogP contribution in [0.4, 0.5) is 4.79 Å². The third-order valence-electron chi connectivity index (χ3n) is 2.41. The van der Waals surface area contributed by atoms with E-state index in [1.165, 1.54) is 10.0 Å². The molecule has 1 aliphatic rings. The Balaban J connectivity index is 2.76. The molecular formula is C12H23N3O3. The molecule has 0 aromatic rings. The van der Waals surface area contributed by atoms with Crippen molar-refractivity contribution in [2.75, 3.05) is 13.1 Å². The van der Waals surface area contributed by atoms with Crippen molar-refractivity contribution in [3.63, 3.8) is 0 Å². The van der Waals surface area contributed by atoms with Crippen molar-refractivity contribution in [2.24, 2.45) is 5.73 Å². The topological polar surface area (TPSA) is 75.9 Å². The Morgan fingerprint density at radius 2 is 2.11 bits per heavy atom. The van der Waals surface area contributed by atoms with E-state index in [0.717, 1.165) is 0 Å². The van der Waals surface area contributed by atoms with Gasteiger partial charge >= 0.3 is 6.09 Å². The second kappa shape index (κ2) is 5.56. The third kappa shape index (κ3) is 4.18. The summed E-state index contributed by atoms with van der Waals surface area (Å²) in [7, 11) is 0. The van der Waals surface area contributed by atoms with Crippen molar-refractivity contribution in [1.29, 1.82) is 0 Å². The summed E-state index contributed by atoms with van der Waals surface area (Å²) >= 11 is 0. The number of nitrogens with two attached hydrogens (primary N) is 1. The van der Waals surface area contributed by atoms with Crippen LogP contribution >= 0.6 is 0 Å². The molecule has 18 heavy (non-hydrogen) atoms. The van der Waals surface area contributed by atoms with Crippen LogP contribution in [-0.4, -0.2) is 46.8 Å². The Bertz CT molecular complexity index is 323. The van der Waals surface area contributed by atoms with E-state index in [-0.39, 0.29) is 11.9 Å². The number of nitrogens with zero attached hydrogens (tertiary/aromatic N) is 2. The van der Waals surface area contributed by atoms with Crippen molar-refractivity contribution in [1.82, 2.24) is 10.0 Å². The van der Waals surface area contributed by atoms with Crippen LogP contribution in [0.3, 0.4) is 0 Å². The fourth-order valence-electron chi connectivity index (χ4n) is 1.74. The number of carbonyl (C=O) groups is 2. The number of hydrogen-bond acceptors (Lipinski definition) is 4. The van der Waals surface area contributed by atoms with E-state index in [0.29, 0.717) is 25.9 Å². The van der Waals surface area contributed by atoms with Crippen molar-refractivity contribution in [3.05, 3.63) is 0 Å². The Labute approximate surface area is 108 Å². The molecule has 1 fully saturated rings. The zero-order valence-electron chi connectivity index (χ0n) is 11.6. The van der Waals surface area contributed by atoms with E-state index in [1.54, 1.807) is 27.7 Å². The van der Waals surface area contributed by atoms with Gasteiger partial charge in [0.15, 0.2) is 0 Å². The molecule has 104 valence electrons. The maximum atomic E-state index is 12.0. The van der Waals surface area contributed by atoms with Crippen molar-refractivity contribution >= 4 is 12.0 Å². The zero-order chi connectivity index (χ0) is 13.9. The summed E-state index contributed by atoms with van der Waals surface area (Å²) in [4.78, 5) is 23.9. The van der Waals surface area contributed by atoms with Crippen LogP contribution in [0.1, 0.15) is 40.5 Å². The molecule has 1 rings (SSSR count). The van der Waals surface area contributed by atoms with Gasteiger partial charge in [-0.3, -0.25) is 4.79 Å². The molecule has 0 aliphatic carbocycles. The largest absolute Gasteiger partial charge is 0.442 e. The molecule has 1 saturated heterocycles. The Morgan fingerprint density at radius 3 is 2.61 bits per heavy atom. The standard InChI is InChI=1S/C12H23N3O3/c1-9(13)8-15-10(16)6-5-7-14(15)11(17)18-12(2,3)4/h9H,5-8,13H2,1-4H3. The van der Waals surface area contributed by atoms with E-state index >= 15 is 0 Å². The summed E-state index contributed by atoms with van der Waals surface area (Å²) in [5.41, 5.74) is 5.13. The highest BCUT2D eigenvalue weighted by atomic mass is 16.6. The maximum Gasteiger partial charge on any atom is 0.429 e. The van der Waals surface area contributed by atoms with Crippen LogP contribution in [0.2, 0.25) is 0 Å². The first-order valence-corrected chi connectivity index (χ1v) is 6.27. The zero-order valence-corrected chi connectivity index (χ0v) is 11.6. The molecule has 2 amide bonds. The van der Waals surface area contributed by atoms with Gasteiger partial charge in [0.1, 0.15) is 5.60 Å². The molecule has 0 bridgehead atoms. The number of carbonyl (C=O) groups excluding carboxylic acids is 2. The predicted molar refractivity (Wildman–Crippen MR) is 67.5 cm³/mol. The van der Waals surface area contributed by atoms with E-state index in [1.807, 2.05) is 0 Å². The van der Waals surface area contributed by atoms with Gasteiger partial charge in [-0.1, -0.05) is 0 Å². The van der Waals surface area contributed by atoms with Crippen LogP contribution in [0, 0.1) is 0 Å². The summed E-state index contributed by atoms with van der Waals surface area (Å²) in [5.74, 6) is -0.0793. The normalized spacial score (nSPS) is 18.8. The molecule has 2 N–H and O–H groups in total. The molecule has 0 aromatic heterocycles. The average molecular weight is 257 g/mol. The molecule has 0 spiro atoms. The first kappa shape index (κ1) is 14.8. The van der Waals surface area contributed by atoms with E-state index in [2.05, 4.69) is 0 Å². The van der Waals surface area contributed by atoms with Gasteiger partial charge in [0, 0.05) is 19.0 Å². The minimum atomic E-state index is -0.572. The van der Waals surface area contributed by atoms with Gasteiger partial charge in [-0.2, -0.15) is 0 Å². The molecule has 6 heteroatoms. The first-order valence-electron chi connectivity index (χ1n) is 6.27. The van der Waals surface area contributed by atoms with Crippen LogP contribution < -0.4 is 5.73 Å². The van der Waals surface area contributed by atoms with E-state index in [4.69, 9.17) is 10.5 Å². The predicted octanol–water partition coefficient (Wildman–Crippen LogP) is 1.11. The van der Waals surface area contributed by atoms with Crippen molar-refractivity contribution < 1.29 is 14.3 Å². The number of rotatable bonds is 2. The SMILES string of the molecule is CC(N)CN1C(=O)CCCN1C(=O)OC(C)(C)C. The molecule has 0 saturated carbocycles. The summed E-state index contributed by atoms with van der Waals surface area (Å²) in [6.45, 7) is 8.02.